The molecule has 34 heavy (non-hydrogen) atoms. The largest absolute Gasteiger partial charge is 0.475 e. The molecule has 0 N–H and O–H groups in total. The predicted molar refractivity (Wildman–Crippen MR) is 136 cm³/mol. The summed E-state index contributed by atoms with van der Waals surface area (Å²) in [6, 6.07) is 22.7. The maximum Gasteiger partial charge on any atom is 0.218 e. The molecule has 0 saturated carbocycles. The first kappa shape index (κ1) is 22.3. The maximum atomic E-state index is 6.13. The van der Waals surface area contributed by atoms with Crippen molar-refractivity contribution in [2.75, 3.05) is 13.2 Å². The number of aromatic nitrogens is 1. The van der Waals surface area contributed by atoms with Crippen molar-refractivity contribution in [3.63, 3.8) is 0 Å². The minimum atomic E-state index is -0.00744. The Hall–Kier alpha value is -3.47. The molecule has 2 aliphatic rings. The third kappa shape index (κ3) is 4.35. The van der Waals surface area contributed by atoms with Gasteiger partial charge < -0.3 is 9.47 Å². The van der Waals surface area contributed by atoms with E-state index in [0.29, 0.717) is 25.0 Å². The van der Waals surface area contributed by atoms with E-state index in [-0.39, 0.29) is 23.9 Å². The summed E-state index contributed by atoms with van der Waals surface area (Å²) in [6.45, 7) is 9.71. The minimum absolute atomic E-state index is 0.00744. The molecule has 0 radical (unpaired) electrons. The standard InChI is InChI=1S/C29H31N3O2/c1-18(2)26-22(28-30-24(16-33-28)20-11-7-5-8-12-20)15-23(27(32-26)19(3)4)29-31-25(17-34-29)21-13-9-6-10-14-21/h5-15,18-19,24-25H,16-17H2,1-4H3/t24-,25-/m0/s1. The van der Waals surface area contributed by atoms with Gasteiger partial charge in [-0.25, -0.2) is 9.98 Å². The van der Waals surface area contributed by atoms with Crippen molar-refractivity contribution in [2.45, 2.75) is 51.6 Å². The number of aliphatic imine (C=N–C) groups is 2. The molecule has 2 aliphatic heterocycles. The molecule has 3 heterocycles. The maximum absolute atomic E-state index is 6.13. The Bertz CT molecular complexity index is 1120. The summed E-state index contributed by atoms with van der Waals surface area (Å²) in [6.07, 6.45) is 0. The number of benzene rings is 2. The lowest BCUT2D eigenvalue weighted by molar-refractivity contribution is 0.318. The van der Waals surface area contributed by atoms with Gasteiger partial charge in [-0.1, -0.05) is 88.4 Å². The summed E-state index contributed by atoms with van der Waals surface area (Å²) in [5, 5.41) is 0. The monoisotopic (exact) mass is 453 g/mol. The second kappa shape index (κ2) is 9.41. The fourth-order valence-electron chi connectivity index (χ4n) is 4.50. The number of hydrogen-bond donors (Lipinski definition) is 0. The molecule has 1 aromatic heterocycles. The van der Waals surface area contributed by atoms with E-state index in [1.54, 1.807) is 0 Å². The highest BCUT2D eigenvalue weighted by Crippen LogP contribution is 2.33. The van der Waals surface area contributed by atoms with Crippen molar-refractivity contribution in [1.82, 2.24) is 4.98 Å². The van der Waals surface area contributed by atoms with Gasteiger partial charge in [-0.3, -0.25) is 4.98 Å². The van der Waals surface area contributed by atoms with Crippen molar-refractivity contribution in [1.29, 1.82) is 0 Å². The topological polar surface area (TPSA) is 56.1 Å². The number of hydrogen-bond acceptors (Lipinski definition) is 5. The molecule has 3 aromatic rings. The smallest absolute Gasteiger partial charge is 0.218 e. The minimum Gasteiger partial charge on any atom is -0.475 e. The third-order valence-corrected chi connectivity index (χ3v) is 6.31. The molecule has 5 nitrogen and oxygen atoms in total. The lowest BCUT2D eigenvalue weighted by atomic mass is 9.96. The van der Waals surface area contributed by atoms with Crippen LogP contribution >= 0.6 is 0 Å². The molecular weight excluding hydrogens is 422 g/mol. The van der Waals surface area contributed by atoms with Gasteiger partial charge in [0.05, 0.1) is 22.5 Å². The zero-order valence-electron chi connectivity index (χ0n) is 20.2. The molecule has 0 amide bonds. The Morgan fingerprint density at radius 2 is 1.06 bits per heavy atom. The normalized spacial score (nSPS) is 19.7. The van der Waals surface area contributed by atoms with E-state index >= 15 is 0 Å². The fraction of sp³-hybridized carbons (Fsp3) is 0.345. The summed E-state index contributed by atoms with van der Waals surface area (Å²) < 4.78 is 12.3. The zero-order chi connectivity index (χ0) is 23.7. The lowest BCUT2D eigenvalue weighted by Crippen LogP contribution is -2.16. The second-order valence-electron chi connectivity index (χ2n) is 9.51. The summed E-state index contributed by atoms with van der Waals surface area (Å²) >= 11 is 0. The van der Waals surface area contributed by atoms with E-state index in [0.717, 1.165) is 33.6 Å². The molecule has 0 fully saturated rings. The molecule has 5 rings (SSSR count). The molecule has 5 heteroatoms. The molecule has 0 spiro atoms. The number of nitrogens with zero attached hydrogens (tertiary/aromatic N) is 3. The van der Waals surface area contributed by atoms with Crippen LogP contribution in [0.1, 0.15) is 85.3 Å². The van der Waals surface area contributed by atoms with E-state index in [1.807, 2.05) is 36.4 Å². The van der Waals surface area contributed by atoms with Gasteiger partial charge in [0.1, 0.15) is 25.3 Å². The lowest BCUT2D eigenvalue weighted by Gasteiger charge is -2.18. The van der Waals surface area contributed by atoms with Crippen LogP contribution in [-0.4, -0.2) is 30.0 Å². The Kier molecular flexibility index (Phi) is 6.18. The van der Waals surface area contributed by atoms with E-state index in [9.17, 15) is 0 Å². The molecule has 0 unspecified atom stereocenters. The first-order valence-electron chi connectivity index (χ1n) is 12.1. The van der Waals surface area contributed by atoms with Crippen LogP contribution in [0.4, 0.5) is 0 Å². The molecule has 2 atom stereocenters. The van der Waals surface area contributed by atoms with Gasteiger partial charge in [-0.2, -0.15) is 0 Å². The molecular formula is C29H31N3O2. The molecule has 0 bridgehead atoms. The average Bonchev–Trinajstić information content (AvgIpc) is 3.55. The van der Waals surface area contributed by atoms with Crippen LogP contribution in [0.2, 0.25) is 0 Å². The van der Waals surface area contributed by atoms with Gasteiger partial charge >= 0.3 is 0 Å². The fourth-order valence-corrected chi connectivity index (χ4v) is 4.50. The molecule has 2 aromatic carbocycles. The van der Waals surface area contributed by atoms with Crippen LogP contribution < -0.4 is 0 Å². The van der Waals surface area contributed by atoms with Crippen molar-refractivity contribution < 1.29 is 9.47 Å². The van der Waals surface area contributed by atoms with Gasteiger partial charge in [0, 0.05) is 0 Å². The predicted octanol–water partition coefficient (Wildman–Crippen LogP) is 6.36. The van der Waals surface area contributed by atoms with E-state index in [2.05, 4.69) is 58.0 Å². The average molecular weight is 454 g/mol. The highest BCUT2D eigenvalue weighted by atomic mass is 16.5. The molecule has 0 aliphatic carbocycles. The second-order valence-corrected chi connectivity index (χ2v) is 9.51. The van der Waals surface area contributed by atoms with Gasteiger partial charge in [0.15, 0.2) is 0 Å². The van der Waals surface area contributed by atoms with Crippen molar-refractivity contribution in [2.24, 2.45) is 9.98 Å². The quantitative estimate of drug-likeness (QED) is 0.436. The zero-order valence-corrected chi connectivity index (χ0v) is 20.2. The Morgan fingerprint density at radius 3 is 1.44 bits per heavy atom. The first-order valence-corrected chi connectivity index (χ1v) is 12.1. The number of ether oxygens (including phenoxy) is 2. The molecule has 174 valence electrons. The Morgan fingerprint density at radius 1 is 0.647 bits per heavy atom. The van der Waals surface area contributed by atoms with Crippen LogP contribution in [0.25, 0.3) is 0 Å². The number of rotatable bonds is 6. The highest BCUT2D eigenvalue weighted by Gasteiger charge is 2.30. The van der Waals surface area contributed by atoms with Crippen LogP contribution in [0, 0.1) is 0 Å². The summed E-state index contributed by atoms with van der Waals surface area (Å²) in [7, 11) is 0. The van der Waals surface area contributed by atoms with E-state index < -0.39 is 0 Å². The SMILES string of the molecule is CC(C)c1nc(C(C)C)c(C2=N[C@H](c3ccccc3)CO2)cc1C1=N[C@H](c2ccccc2)CO1. The first-order chi connectivity index (χ1) is 16.5. The van der Waals surface area contributed by atoms with Crippen LogP contribution in [0.5, 0.6) is 0 Å². The van der Waals surface area contributed by atoms with Gasteiger partial charge in [0.25, 0.3) is 0 Å². The number of pyridine rings is 1. The van der Waals surface area contributed by atoms with Crippen LogP contribution in [0.15, 0.2) is 76.7 Å². The third-order valence-electron chi connectivity index (χ3n) is 6.31. The van der Waals surface area contributed by atoms with Crippen LogP contribution in [0.3, 0.4) is 0 Å². The van der Waals surface area contributed by atoms with Gasteiger partial charge in [-0.05, 0) is 29.0 Å². The summed E-state index contributed by atoms with van der Waals surface area (Å²) in [5.41, 5.74) is 6.18. The van der Waals surface area contributed by atoms with Crippen LogP contribution in [-0.2, 0) is 9.47 Å². The Balaban J connectivity index is 1.57. The van der Waals surface area contributed by atoms with Crippen molar-refractivity contribution >= 4 is 11.8 Å². The van der Waals surface area contributed by atoms with Gasteiger partial charge in [-0.15, -0.1) is 0 Å². The van der Waals surface area contributed by atoms with Crippen molar-refractivity contribution in [3.8, 4) is 0 Å². The van der Waals surface area contributed by atoms with E-state index in [1.165, 1.54) is 0 Å². The summed E-state index contributed by atoms with van der Waals surface area (Å²) in [4.78, 5) is 15.0. The highest BCUT2D eigenvalue weighted by molar-refractivity contribution is 6.02. The van der Waals surface area contributed by atoms with Gasteiger partial charge in [0.2, 0.25) is 11.8 Å². The summed E-state index contributed by atoms with van der Waals surface area (Å²) in [5.74, 6) is 1.76. The molecule has 0 saturated heterocycles. The van der Waals surface area contributed by atoms with Crippen molar-refractivity contribution in [3.05, 3.63) is 100 Å². The van der Waals surface area contributed by atoms with E-state index in [4.69, 9.17) is 24.4 Å². The Labute approximate surface area is 201 Å².